The molecule has 0 unspecified atom stereocenters. The third-order valence-electron chi connectivity index (χ3n) is 3.86. The highest BCUT2D eigenvalue weighted by Crippen LogP contribution is 2.37. The fourth-order valence-electron chi connectivity index (χ4n) is 2.75. The van der Waals surface area contributed by atoms with Crippen LogP contribution < -0.4 is 5.73 Å². The number of benzene rings is 2. The van der Waals surface area contributed by atoms with Crippen molar-refractivity contribution in [2.45, 2.75) is 31.6 Å². The van der Waals surface area contributed by atoms with Crippen LogP contribution in [0.25, 0.3) is 0 Å². The largest absolute Gasteiger partial charge is 0.369 e. The second-order valence-electron chi connectivity index (χ2n) is 5.11. The van der Waals surface area contributed by atoms with E-state index in [2.05, 4.69) is 6.92 Å². The predicted octanol–water partition coefficient (Wildman–Crippen LogP) is 4.07. The van der Waals surface area contributed by atoms with Crippen LogP contribution in [0.3, 0.4) is 0 Å². The first-order valence-electron chi connectivity index (χ1n) is 7.12. The van der Waals surface area contributed by atoms with E-state index in [1.807, 2.05) is 60.7 Å². The zero-order chi connectivity index (χ0) is 14.4. The van der Waals surface area contributed by atoms with Gasteiger partial charge in [0.2, 0.25) is 5.91 Å². The minimum Gasteiger partial charge on any atom is -0.369 e. The number of halogens is 1. The fraction of sp³-hybridized carbons (Fsp3) is 0.278. The van der Waals surface area contributed by atoms with Crippen LogP contribution >= 0.6 is 12.4 Å². The lowest BCUT2D eigenvalue weighted by molar-refractivity contribution is -0.122. The number of unbranched alkanes of at least 4 members (excludes halogenated alkanes) is 1. The molecule has 0 aliphatic rings. The molecule has 3 heteroatoms. The third kappa shape index (κ3) is 3.45. The van der Waals surface area contributed by atoms with Gasteiger partial charge in [0.15, 0.2) is 0 Å². The van der Waals surface area contributed by atoms with Gasteiger partial charge in [-0.15, -0.1) is 12.4 Å². The molecule has 2 aromatic carbocycles. The number of hydrogen-bond acceptors (Lipinski definition) is 1. The Morgan fingerprint density at radius 1 is 0.952 bits per heavy atom. The molecule has 1 amide bonds. The van der Waals surface area contributed by atoms with Crippen molar-refractivity contribution < 1.29 is 4.79 Å². The van der Waals surface area contributed by atoms with Crippen LogP contribution in [0.2, 0.25) is 0 Å². The Bertz CT molecular complexity index is 514. The van der Waals surface area contributed by atoms with Crippen molar-refractivity contribution >= 4 is 18.3 Å². The lowest BCUT2D eigenvalue weighted by atomic mass is 9.70. The van der Waals surface area contributed by atoms with Gasteiger partial charge in [0, 0.05) is 0 Å². The molecule has 0 aliphatic carbocycles. The van der Waals surface area contributed by atoms with Crippen LogP contribution in [0, 0.1) is 0 Å². The van der Waals surface area contributed by atoms with E-state index in [4.69, 9.17) is 5.73 Å². The summed E-state index contributed by atoms with van der Waals surface area (Å²) in [5.74, 6) is -0.275. The molecule has 112 valence electrons. The maximum Gasteiger partial charge on any atom is 0.232 e. The number of rotatable bonds is 6. The highest BCUT2D eigenvalue weighted by molar-refractivity contribution is 5.90. The van der Waals surface area contributed by atoms with Gasteiger partial charge in [0.1, 0.15) is 0 Å². The molecule has 0 saturated heterocycles. The molecule has 0 fully saturated rings. The molecule has 2 nitrogen and oxygen atoms in total. The van der Waals surface area contributed by atoms with E-state index < -0.39 is 5.41 Å². The van der Waals surface area contributed by atoms with E-state index in [9.17, 15) is 4.79 Å². The first kappa shape index (κ1) is 17.3. The molecule has 0 aromatic heterocycles. The molecule has 21 heavy (non-hydrogen) atoms. The van der Waals surface area contributed by atoms with Crippen molar-refractivity contribution in [2.75, 3.05) is 0 Å². The van der Waals surface area contributed by atoms with Crippen LogP contribution in [-0.4, -0.2) is 5.91 Å². The van der Waals surface area contributed by atoms with Crippen LogP contribution in [-0.2, 0) is 10.2 Å². The summed E-state index contributed by atoms with van der Waals surface area (Å²) < 4.78 is 0. The number of carbonyl (C=O) groups excluding carboxylic acids is 1. The van der Waals surface area contributed by atoms with Crippen molar-refractivity contribution in [1.82, 2.24) is 0 Å². The third-order valence-corrected chi connectivity index (χ3v) is 3.86. The summed E-state index contributed by atoms with van der Waals surface area (Å²) in [6.45, 7) is 2.13. The first-order chi connectivity index (χ1) is 9.71. The Morgan fingerprint density at radius 3 is 1.71 bits per heavy atom. The second kappa shape index (κ2) is 7.84. The second-order valence-corrected chi connectivity index (χ2v) is 5.11. The zero-order valence-electron chi connectivity index (χ0n) is 12.3. The maximum absolute atomic E-state index is 12.4. The summed E-state index contributed by atoms with van der Waals surface area (Å²) in [5.41, 5.74) is 7.07. The Kier molecular flexibility index (Phi) is 6.44. The summed E-state index contributed by atoms with van der Waals surface area (Å²) in [5, 5.41) is 0. The standard InChI is InChI=1S/C18H21NO.ClH/c1-2-3-14-18(17(19)20,15-10-6-4-7-11-15)16-12-8-5-9-13-16;/h4-13H,2-3,14H2,1H3,(H2,19,20);1H. The average molecular weight is 304 g/mol. The predicted molar refractivity (Wildman–Crippen MR) is 89.6 cm³/mol. The van der Waals surface area contributed by atoms with Crippen LogP contribution in [0.1, 0.15) is 37.3 Å². The lowest BCUT2D eigenvalue weighted by Gasteiger charge is -2.32. The van der Waals surface area contributed by atoms with Crippen molar-refractivity contribution in [3.63, 3.8) is 0 Å². The normalized spacial score (nSPS) is 10.7. The number of amides is 1. The van der Waals surface area contributed by atoms with Crippen LogP contribution in [0.4, 0.5) is 0 Å². The Labute approximate surface area is 132 Å². The van der Waals surface area contributed by atoms with E-state index in [1.54, 1.807) is 0 Å². The molecule has 2 N–H and O–H groups in total. The molecule has 2 aromatic rings. The van der Waals surface area contributed by atoms with Crippen molar-refractivity contribution in [3.05, 3.63) is 71.8 Å². The molecule has 0 radical (unpaired) electrons. The quantitative estimate of drug-likeness (QED) is 0.859. The average Bonchev–Trinajstić information content (AvgIpc) is 2.50. The number of carbonyl (C=O) groups is 1. The molecule has 0 heterocycles. The fourth-order valence-corrected chi connectivity index (χ4v) is 2.75. The number of nitrogens with two attached hydrogens (primary N) is 1. The Morgan fingerprint density at radius 2 is 1.38 bits per heavy atom. The van der Waals surface area contributed by atoms with Crippen LogP contribution in [0.15, 0.2) is 60.7 Å². The highest BCUT2D eigenvalue weighted by atomic mass is 35.5. The molecule has 0 bridgehead atoms. The molecular weight excluding hydrogens is 282 g/mol. The number of primary amides is 1. The molecule has 2 rings (SSSR count). The topological polar surface area (TPSA) is 43.1 Å². The molecule has 0 saturated carbocycles. The van der Waals surface area contributed by atoms with E-state index in [-0.39, 0.29) is 18.3 Å². The Balaban J connectivity index is 0.00000220. The summed E-state index contributed by atoms with van der Waals surface area (Å²) in [6, 6.07) is 19.7. The van der Waals surface area contributed by atoms with Gasteiger partial charge in [0.25, 0.3) is 0 Å². The highest BCUT2D eigenvalue weighted by Gasteiger charge is 2.39. The van der Waals surface area contributed by atoms with E-state index in [1.165, 1.54) is 0 Å². The van der Waals surface area contributed by atoms with Gasteiger partial charge >= 0.3 is 0 Å². The molecule has 0 spiro atoms. The minimum absolute atomic E-state index is 0. The van der Waals surface area contributed by atoms with Gasteiger partial charge in [-0.2, -0.15) is 0 Å². The smallest absolute Gasteiger partial charge is 0.232 e. The molecular formula is C18H22ClNO. The van der Waals surface area contributed by atoms with Gasteiger partial charge in [-0.25, -0.2) is 0 Å². The number of hydrogen-bond donors (Lipinski definition) is 1. The van der Waals surface area contributed by atoms with Crippen molar-refractivity contribution in [3.8, 4) is 0 Å². The Hall–Kier alpha value is -1.80. The molecule has 0 atom stereocenters. The zero-order valence-corrected chi connectivity index (χ0v) is 13.1. The van der Waals surface area contributed by atoms with E-state index >= 15 is 0 Å². The molecule has 0 aliphatic heterocycles. The van der Waals surface area contributed by atoms with Crippen LogP contribution in [0.5, 0.6) is 0 Å². The maximum atomic E-state index is 12.4. The summed E-state index contributed by atoms with van der Waals surface area (Å²) in [6.07, 6.45) is 2.74. The van der Waals surface area contributed by atoms with E-state index in [0.29, 0.717) is 0 Å². The van der Waals surface area contributed by atoms with Gasteiger partial charge in [-0.05, 0) is 17.5 Å². The van der Waals surface area contributed by atoms with Gasteiger partial charge in [-0.1, -0.05) is 80.4 Å². The van der Waals surface area contributed by atoms with Gasteiger partial charge < -0.3 is 5.73 Å². The minimum atomic E-state index is -0.724. The van der Waals surface area contributed by atoms with Gasteiger partial charge in [0.05, 0.1) is 5.41 Å². The summed E-state index contributed by atoms with van der Waals surface area (Å²) >= 11 is 0. The SMILES string of the molecule is CCCCC(C(N)=O)(c1ccccc1)c1ccccc1.Cl. The summed E-state index contributed by atoms with van der Waals surface area (Å²) in [4.78, 5) is 12.4. The van der Waals surface area contributed by atoms with Crippen molar-refractivity contribution in [1.29, 1.82) is 0 Å². The first-order valence-corrected chi connectivity index (χ1v) is 7.12. The van der Waals surface area contributed by atoms with E-state index in [0.717, 1.165) is 30.4 Å². The van der Waals surface area contributed by atoms with Gasteiger partial charge in [-0.3, -0.25) is 4.79 Å². The summed E-state index contributed by atoms with van der Waals surface area (Å²) in [7, 11) is 0. The monoisotopic (exact) mass is 303 g/mol. The lowest BCUT2D eigenvalue weighted by Crippen LogP contribution is -2.42. The van der Waals surface area contributed by atoms with Crippen molar-refractivity contribution in [2.24, 2.45) is 5.73 Å².